The van der Waals surface area contributed by atoms with Crippen molar-refractivity contribution in [1.82, 2.24) is 4.90 Å². The molecule has 1 aromatic heterocycles. The summed E-state index contributed by atoms with van der Waals surface area (Å²) in [5, 5.41) is 0. The van der Waals surface area contributed by atoms with Crippen molar-refractivity contribution >= 4 is 12.6 Å². The zero-order chi connectivity index (χ0) is 8.27. The van der Waals surface area contributed by atoms with Crippen LogP contribution >= 0.6 is 12.6 Å². The number of hydrogen-bond donors (Lipinski definition) is 1. The first kappa shape index (κ1) is 8.68. The summed E-state index contributed by atoms with van der Waals surface area (Å²) in [6.07, 6.45) is 0. The summed E-state index contributed by atoms with van der Waals surface area (Å²) >= 11 is 4.14. The number of nitrogens with zero attached hydrogens (tertiary/aromatic N) is 1. The molecule has 1 heterocycles. The SMILES string of the molecule is Cc1ccc(CN(C)CS)o1. The van der Waals surface area contributed by atoms with Gasteiger partial charge in [0.2, 0.25) is 0 Å². The molecule has 0 saturated heterocycles. The van der Waals surface area contributed by atoms with E-state index in [1.54, 1.807) is 0 Å². The number of thiol groups is 1. The molecular formula is C8H13NOS. The lowest BCUT2D eigenvalue weighted by atomic mass is 10.4. The molecule has 0 radical (unpaired) electrons. The molecule has 1 aromatic rings. The zero-order valence-corrected chi connectivity index (χ0v) is 7.77. The Morgan fingerprint density at radius 3 is 2.73 bits per heavy atom. The van der Waals surface area contributed by atoms with Crippen molar-refractivity contribution in [2.45, 2.75) is 13.5 Å². The lowest BCUT2D eigenvalue weighted by molar-refractivity contribution is 0.335. The molecule has 11 heavy (non-hydrogen) atoms. The monoisotopic (exact) mass is 171 g/mol. The second kappa shape index (κ2) is 3.83. The number of rotatable bonds is 3. The summed E-state index contributed by atoms with van der Waals surface area (Å²) in [5.41, 5.74) is 0. The summed E-state index contributed by atoms with van der Waals surface area (Å²) in [6.45, 7) is 2.78. The molecule has 0 bridgehead atoms. The Balaban J connectivity index is 2.50. The van der Waals surface area contributed by atoms with Crippen LogP contribution in [0.3, 0.4) is 0 Å². The van der Waals surface area contributed by atoms with Crippen LogP contribution in [0.15, 0.2) is 16.5 Å². The van der Waals surface area contributed by atoms with Crippen molar-refractivity contribution in [3.63, 3.8) is 0 Å². The van der Waals surface area contributed by atoms with Gasteiger partial charge < -0.3 is 4.42 Å². The number of hydrogen-bond acceptors (Lipinski definition) is 3. The summed E-state index contributed by atoms with van der Waals surface area (Å²) < 4.78 is 5.38. The average Bonchev–Trinajstić information content (AvgIpc) is 2.35. The highest BCUT2D eigenvalue weighted by atomic mass is 32.1. The van der Waals surface area contributed by atoms with E-state index in [2.05, 4.69) is 17.5 Å². The van der Waals surface area contributed by atoms with Crippen molar-refractivity contribution in [3.05, 3.63) is 23.7 Å². The molecule has 0 amide bonds. The third kappa shape index (κ3) is 2.60. The average molecular weight is 171 g/mol. The van der Waals surface area contributed by atoms with Crippen LogP contribution in [0, 0.1) is 6.92 Å². The highest BCUT2D eigenvalue weighted by Gasteiger charge is 2.00. The Hall–Kier alpha value is -0.410. The van der Waals surface area contributed by atoms with E-state index in [1.807, 2.05) is 26.1 Å². The van der Waals surface area contributed by atoms with Crippen LogP contribution in [0.4, 0.5) is 0 Å². The number of aryl methyl sites for hydroxylation is 1. The second-order valence-corrected chi connectivity index (χ2v) is 2.95. The van der Waals surface area contributed by atoms with Crippen LogP contribution in [-0.2, 0) is 6.54 Å². The van der Waals surface area contributed by atoms with Crippen molar-refractivity contribution in [2.24, 2.45) is 0 Å². The first-order chi connectivity index (χ1) is 5.22. The van der Waals surface area contributed by atoms with Crippen molar-refractivity contribution in [1.29, 1.82) is 0 Å². The van der Waals surface area contributed by atoms with Crippen LogP contribution in [0.2, 0.25) is 0 Å². The predicted molar refractivity (Wildman–Crippen MR) is 48.8 cm³/mol. The molecule has 0 fully saturated rings. The second-order valence-electron chi connectivity index (χ2n) is 2.67. The van der Waals surface area contributed by atoms with Gasteiger partial charge >= 0.3 is 0 Å². The Labute approximate surface area is 72.6 Å². The van der Waals surface area contributed by atoms with Crippen molar-refractivity contribution in [2.75, 3.05) is 12.9 Å². The number of furan rings is 1. The molecule has 0 atom stereocenters. The smallest absolute Gasteiger partial charge is 0.118 e. The molecule has 0 aliphatic heterocycles. The largest absolute Gasteiger partial charge is 0.465 e. The Morgan fingerprint density at radius 1 is 1.55 bits per heavy atom. The van der Waals surface area contributed by atoms with Gasteiger partial charge in [-0.25, -0.2) is 0 Å². The molecular weight excluding hydrogens is 158 g/mol. The maximum atomic E-state index is 5.38. The van der Waals surface area contributed by atoms with E-state index in [-0.39, 0.29) is 0 Å². The molecule has 3 heteroatoms. The van der Waals surface area contributed by atoms with E-state index in [4.69, 9.17) is 4.42 Å². The van der Waals surface area contributed by atoms with Gasteiger partial charge in [0.05, 0.1) is 6.54 Å². The lowest BCUT2D eigenvalue weighted by Gasteiger charge is -2.09. The van der Waals surface area contributed by atoms with Gasteiger partial charge in [-0.1, -0.05) is 0 Å². The van der Waals surface area contributed by atoms with Gasteiger partial charge in [-0.15, -0.1) is 0 Å². The van der Waals surface area contributed by atoms with Crippen LogP contribution in [0.25, 0.3) is 0 Å². The van der Waals surface area contributed by atoms with Crippen LogP contribution < -0.4 is 0 Å². The van der Waals surface area contributed by atoms with E-state index >= 15 is 0 Å². The summed E-state index contributed by atoms with van der Waals surface area (Å²) in [4.78, 5) is 2.07. The molecule has 0 spiro atoms. The molecule has 0 aliphatic rings. The molecule has 0 aliphatic carbocycles. The lowest BCUT2D eigenvalue weighted by Crippen LogP contribution is -2.14. The summed E-state index contributed by atoms with van der Waals surface area (Å²) in [7, 11) is 2.00. The Kier molecular flexibility index (Phi) is 3.02. The Morgan fingerprint density at radius 2 is 2.27 bits per heavy atom. The van der Waals surface area contributed by atoms with E-state index in [9.17, 15) is 0 Å². The highest BCUT2D eigenvalue weighted by molar-refractivity contribution is 7.80. The first-order valence-corrected chi connectivity index (χ1v) is 4.20. The predicted octanol–water partition coefficient (Wildman–Crippen LogP) is 1.91. The molecule has 1 rings (SSSR count). The van der Waals surface area contributed by atoms with Gasteiger partial charge in [-0.2, -0.15) is 12.6 Å². The van der Waals surface area contributed by atoms with Gasteiger partial charge in [0.15, 0.2) is 0 Å². The van der Waals surface area contributed by atoms with E-state index in [1.165, 1.54) is 0 Å². The minimum absolute atomic E-state index is 0.750. The third-order valence-electron chi connectivity index (χ3n) is 1.46. The van der Waals surface area contributed by atoms with Gasteiger partial charge in [0, 0.05) is 5.88 Å². The van der Waals surface area contributed by atoms with Crippen molar-refractivity contribution in [3.8, 4) is 0 Å². The molecule has 0 unspecified atom stereocenters. The fourth-order valence-electron chi connectivity index (χ4n) is 0.886. The van der Waals surface area contributed by atoms with Gasteiger partial charge in [0.1, 0.15) is 11.5 Å². The van der Waals surface area contributed by atoms with Gasteiger partial charge in [-0.05, 0) is 26.1 Å². The topological polar surface area (TPSA) is 16.4 Å². The molecule has 0 saturated carbocycles. The normalized spacial score (nSPS) is 10.9. The molecule has 62 valence electrons. The molecule has 0 aromatic carbocycles. The minimum atomic E-state index is 0.750. The van der Waals surface area contributed by atoms with E-state index in [0.29, 0.717) is 0 Å². The van der Waals surface area contributed by atoms with Crippen LogP contribution in [0.5, 0.6) is 0 Å². The third-order valence-corrected chi connectivity index (χ3v) is 1.95. The zero-order valence-electron chi connectivity index (χ0n) is 6.87. The highest BCUT2D eigenvalue weighted by Crippen LogP contribution is 2.08. The van der Waals surface area contributed by atoms with Gasteiger partial charge in [-0.3, -0.25) is 4.90 Å². The maximum Gasteiger partial charge on any atom is 0.118 e. The quantitative estimate of drug-likeness (QED) is 0.552. The fraction of sp³-hybridized carbons (Fsp3) is 0.500. The van der Waals surface area contributed by atoms with E-state index in [0.717, 1.165) is 23.9 Å². The van der Waals surface area contributed by atoms with E-state index < -0.39 is 0 Å². The maximum absolute atomic E-state index is 5.38. The minimum Gasteiger partial charge on any atom is -0.465 e. The van der Waals surface area contributed by atoms with Crippen LogP contribution in [0.1, 0.15) is 11.5 Å². The van der Waals surface area contributed by atoms with Crippen molar-refractivity contribution < 1.29 is 4.42 Å². The molecule has 0 N–H and O–H groups in total. The van der Waals surface area contributed by atoms with Crippen LogP contribution in [-0.4, -0.2) is 17.8 Å². The van der Waals surface area contributed by atoms with Gasteiger partial charge in [0.25, 0.3) is 0 Å². The summed E-state index contributed by atoms with van der Waals surface area (Å²) in [5.74, 6) is 2.71. The fourth-order valence-corrected chi connectivity index (χ4v) is 0.986. The standard InChI is InChI=1S/C8H13NOS/c1-7-3-4-8(10-7)5-9(2)6-11/h3-4,11H,5-6H2,1-2H3. The summed E-state index contributed by atoms with van der Waals surface area (Å²) in [6, 6.07) is 3.97. The first-order valence-electron chi connectivity index (χ1n) is 3.57. The Bertz CT molecular complexity index is 222. The molecule has 2 nitrogen and oxygen atoms in total.